The third-order valence-electron chi connectivity index (χ3n) is 2.47. The molecule has 0 fully saturated rings. The van der Waals surface area contributed by atoms with Gasteiger partial charge in [-0.2, -0.15) is 13.2 Å². The summed E-state index contributed by atoms with van der Waals surface area (Å²) in [7, 11) is 0. The lowest BCUT2D eigenvalue weighted by Gasteiger charge is -2.12. The highest BCUT2D eigenvalue weighted by molar-refractivity contribution is 7.13. The standard InChI is InChI=1S/C11H8F4N2S/c1-5-7(11(13,14)15)2-6(3-8(5)12)9-4-18-10(16)17-9/h2-4H,1H3,(H2,16,17). The molecule has 0 radical (unpaired) electrons. The van der Waals surface area contributed by atoms with Crippen LogP contribution in [0.3, 0.4) is 0 Å². The molecular weight excluding hydrogens is 268 g/mol. The van der Waals surface area contributed by atoms with Crippen molar-refractivity contribution >= 4 is 16.5 Å². The number of rotatable bonds is 1. The van der Waals surface area contributed by atoms with Gasteiger partial charge in [-0.3, -0.25) is 0 Å². The molecule has 0 bridgehead atoms. The maximum Gasteiger partial charge on any atom is 0.416 e. The smallest absolute Gasteiger partial charge is 0.375 e. The van der Waals surface area contributed by atoms with Crippen molar-refractivity contribution in [1.82, 2.24) is 4.98 Å². The first kappa shape index (κ1) is 12.8. The van der Waals surface area contributed by atoms with Gasteiger partial charge < -0.3 is 5.73 Å². The zero-order valence-electron chi connectivity index (χ0n) is 9.18. The maximum absolute atomic E-state index is 13.5. The molecule has 0 spiro atoms. The molecule has 2 N–H and O–H groups in total. The summed E-state index contributed by atoms with van der Waals surface area (Å²) in [5.74, 6) is -0.911. The minimum atomic E-state index is -4.59. The Morgan fingerprint density at radius 1 is 1.28 bits per heavy atom. The Morgan fingerprint density at radius 3 is 2.44 bits per heavy atom. The molecule has 0 atom stereocenters. The lowest BCUT2D eigenvalue weighted by Crippen LogP contribution is -2.09. The third kappa shape index (κ3) is 2.31. The van der Waals surface area contributed by atoms with Crippen molar-refractivity contribution in [3.05, 3.63) is 34.5 Å². The zero-order valence-corrected chi connectivity index (χ0v) is 9.99. The second-order valence-corrected chi connectivity index (χ2v) is 4.59. The highest BCUT2D eigenvalue weighted by Gasteiger charge is 2.34. The van der Waals surface area contributed by atoms with Crippen molar-refractivity contribution in [2.75, 3.05) is 5.73 Å². The molecule has 0 aliphatic carbocycles. The lowest BCUT2D eigenvalue weighted by molar-refractivity contribution is -0.138. The summed E-state index contributed by atoms with van der Waals surface area (Å²) in [5.41, 5.74) is 4.29. The van der Waals surface area contributed by atoms with E-state index in [0.717, 1.165) is 30.4 Å². The van der Waals surface area contributed by atoms with E-state index >= 15 is 0 Å². The number of alkyl halides is 3. The van der Waals surface area contributed by atoms with E-state index in [-0.39, 0.29) is 16.4 Å². The number of thiazole rings is 1. The maximum atomic E-state index is 13.5. The van der Waals surface area contributed by atoms with Gasteiger partial charge in [0.25, 0.3) is 0 Å². The van der Waals surface area contributed by atoms with Crippen LogP contribution in [0, 0.1) is 12.7 Å². The first-order chi connectivity index (χ1) is 8.29. The topological polar surface area (TPSA) is 38.9 Å². The van der Waals surface area contributed by atoms with Gasteiger partial charge in [-0.05, 0) is 24.6 Å². The highest BCUT2D eigenvalue weighted by atomic mass is 32.1. The Balaban J connectivity index is 2.61. The van der Waals surface area contributed by atoms with E-state index in [1.807, 2.05) is 0 Å². The van der Waals surface area contributed by atoms with Gasteiger partial charge in [0.05, 0.1) is 11.3 Å². The number of hydrogen-bond acceptors (Lipinski definition) is 3. The van der Waals surface area contributed by atoms with Crippen LogP contribution >= 0.6 is 11.3 Å². The average Bonchev–Trinajstić information content (AvgIpc) is 2.67. The van der Waals surface area contributed by atoms with Gasteiger partial charge in [-0.1, -0.05) is 0 Å². The van der Waals surface area contributed by atoms with Crippen molar-refractivity contribution in [2.45, 2.75) is 13.1 Å². The van der Waals surface area contributed by atoms with E-state index in [2.05, 4.69) is 4.98 Å². The van der Waals surface area contributed by atoms with Crippen LogP contribution in [0.2, 0.25) is 0 Å². The molecule has 2 aromatic rings. The Bertz CT molecular complexity index is 589. The quantitative estimate of drug-likeness (QED) is 0.803. The SMILES string of the molecule is Cc1c(F)cc(-c2csc(N)n2)cc1C(F)(F)F. The van der Waals surface area contributed by atoms with Gasteiger partial charge in [0.2, 0.25) is 0 Å². The van der Waals surface area contributed by atoms with Crippen LogP contribution in [0.25, 0.3) is 11.3 Å². The Labute approximate surface area is 104 Å². The van der Waals surface area contributed by atoms with Gasteiger partial charge in [-0.15, -0.1) is 11.3 Å². The molecule has 0 aliphatic heterocycles. The lowest BCUT2D eigenvalue weighted by atomic mass is 10.0. The molecule has 7 heteroatoms. The first-order valence-corrected chi connectivity index (χ1v) is 5.75. The monoisotopic (exact) mass is 276 g/mol. The van der Waals surface area contributed by atoms with Gasteiger partial charge >= 0.3 is 6.18 Å². The molecule has 1 aromatic heterocycles. The summed E-state index contributed by atoms with van der Waals surface area (Å²) >= 11 is 1.09. The van der Waals surface area contributed by atoms with Crippen LogP contribution in [0.15, 0.2) is 17.5 Å². The fourth-order valence-corrected chi connectivity index (χ4v) is 2.11. The Morgan fingerprint density at radius 2 is 1.94 bits per heavy atom. The number of anilines is 1. The average molecular weight is 276 g/mol. The summed E-state index contributed by atoms with van der Waals surface area (Å²) in [4.78, 5) is 3.84. The van der Waals surface area contributed by atoms with Crippen molar-refractivity contribution in [1.29, 1.82) is 0 Å². The van der Waals surface area contributed by atoms with Crippen molar-refractivity contribution in [2.24, 2.45) is 0 Å². The summed E-state index contributed by atoms with van der Waals surface area (Å²) in [6.45, 7) is 1.09. The van der Waals surface area contributed by atoms with Gasteiger partial charge in [0, 0.05) is 10.9 Å². The van der Waals surface area contributed by atoms with Crippen LogP contribution in [0.1, 0.15) is 11.1 Å². The summed E-state index contributed by atoms with van der Waals surface area (Å²) in [5, 5.41) is 1.71. The molecule has 1 aromatic carbocycles. The first-order valence-electron chi connectivity index (χ1n) is 4.88. The number of aromatic nitrogens is 1. The predicted octanol–water partition coefficient (Wildman–Crippen LogP) is 3.86. The molecule has 0 saturated carbocycles. The summed E-state index contributed by atoms with van der Waals surface area (Å²) in [6, 6.07) is 1.91. The number of hydrogen-bond donors (Lipinski definition) is 1. The third-order valence-corrected chi connectivity index (χ3v) is 3.14. The fourth-order valence-electron chi connectivity index (χ4n) is 1.54. The molecule has 96 valence electrons. The normalized spacial score (nSPS) is 11.8. The molecule has 0 saturated heterocycles. The van der Waals surface area contributed by atoms with Gasteiger partial charge in [-0.25, -0.2) is 9.37 Å². The van der Waals surface area contributed by atoms with Gasteiger partial charge in [0.15, 0.2) is 5.13 Å². The molecule has 18 heavy (non-hydrogen) atoms. The number of halogens is 4. The second-order valence-electron chi connectivity index (χ2n) is 3.70. The minimum Gasteiger partial charge on any atom is -0.375 e. The van der Waals surface area contributed by atoms with Crippen LogP contribution in [-0.4, -0.2) is 4.98 Å². The number of benzene rings is 1. The number of nitrogens with two attached hydrogens (primary N) is 1. The Hall–Kier alpha value is -1.63. The number of nitrogen functional groups attached to an aromatic ring is 1. The largest absolute Gasteiger partial charge is 0.416 e. The highest BCUT2D eigenvalue weighted by Crippen LogP contribution is 2.36. The molecule has 0 aliphatic rings. The predicted molar refractivity (Wildman–Crippen MR) is 61.7 cm³/mol. The Kier molecular flexibility index (Phi) is 3.02. The summed E-state index contributed by atoms with van der Waals surface area (Å²) < 4.78 is 51.7. The van der Waals surface area contributed by atoms with E-state index in [1.54, 1.807) is 0 Å². The fraction of sp³-hybridized carbons (Fsp3) is 0.182. The molecule has 2 rings (SSSR count). The van der Waals surface area contributed by atoms with Crippen LogP contribution in [0.5, 0.6) is 0 Å². The second kappa shape index (κ2) is 4.24. The van der Waals surface area contributed by atoms with Crippen molar-refractivity contribution in [3.8, 4) is 11.3 Å². The van der Waals surface area contributed by atoms with Crippen molar-refractivity contribution < 1.29 is 17.6 Å². The van der Waals surface area contributed by atoms with E-state index in [0.29, 0.717) is 0 Å². The molecule has 0 amide bonds. The minimum absolute atomic E-state index is 0.0679. The molecular formula is C11H8F4N2S. The van der Waals surface area contributed by atoms with Crippen molar-refractivity contribution in [3.63, 3.8) is 0 Å². The molecule has 0 unspecified atom stereocenters. The van der Waals surface area contributed by atoms with E-state index < -0.39 is 23.1 Å². The molecule has 2 nitrogen and oxygen atoms in total. The van der Waals surface area contributed by atoms with Crippen LogP contribution < -0.4 is 5.73 Å². The van der Waals surface area contributed by atoms with E-state index in [4.69, 9.17) is 5.73 Å². The van der Waals surface area contributed by atoms with E-state index in [1.165, 1.54) is 5.38 Å². The number of nitrogens with zero attached hydrogens (tertiary/aromatic N) is 1. The van der Waals surface area contributed by atoms with Crippen LogP contribution in [-0.2, 0) is 6.18 Å². The van der Waals surface area contributed by atoms with E-state index in [9.17, 15) is 17.6 Å². The summed E-state index contributed by atoms with van der Waals surface area (Å²) in [6.07, 6.45) is -4.59. The van der Waals surface area contributed by atoms with Crippen LogP contribution in [0.4, 0.5) is 22.7 Å². The van der Waals surface area contributed by atoms with Gasteiger partial charge in [0.1, 0.15) is 5.82 Å². The zero-order chi connectivity index (χ0) is 13.5. The molecule has 1 heterocycles.